The minimum absolute atomic E-state index is 0.0347. The molecule has 5 nitrogen and oxygen atoms in total. The normalized spacial score (nSPS) is 10.4. The van der Waals surface area contributed by atoms with Gasteiger partial charge in [-0.1, -0.05) is 6.07 Å². The van der Waals surface area contributed by atoms with E-state index in [9.17, 15) is 14.7 Å². The Hall–Kier alpha value is -2.30. The molecule has 0 bridgehead atoms. The summed E-state index contributed by atoms with van der Waals surface area (Å²) in [6, 6.07) is 5.11. The number of rotatable bonds is 3. The van der Waals surface area contributed by atoms with Gasteiger partial charge in [0.15, 0.2) is 0 Å². The number of carbonyl (C=O) groups excluding carboxylic acids is 2. The average Bonchev–Trinajstić information content (AvgIpc) is 2.68. The molecule has 0 spiro atoms. The minimum atomic E-state index is -1.39. The minimum Gasteiger partial charge on any atom is -0.545 e. The lowest BCUT2D eigenvalue weighted by Gasteiger charge is -2.04. The van der Waals surface area contributed by atoms with E-state index in [1.807, 2.05) is 0 Å². The first kappa shape index (κ1) is 11.2. The van der Waals surface area contributed by atoms with E-state index in [1.165, 1.54) is 6.20 Å². The predicted octanol–water partition coefficient (Wildman–Crippen LogP) is 0.479. The molecule has 0 amide bonds. The number of aromatic nitrogens is 1. The fourth-order valence-electron chi connectivity index (χ4n) is 1.69. The number of ether oxygens (including phenoxy) is 1. The second-order valence-electron chi connectivity index (χ2n) is 3.42. The summed E-state index contributed by atoms with van der Waals surface area (Å²) in [4.78, 5) is 22.7. The molecule has 2 aromatic rings. The molecule has 0 saturated carbocycles. The lowest BCUT2D eigenvalue weighted by atomic mass is 10.1. The van der Waals surface area contributed by atoms with E-state index >= 15 is 0 Å². The zero-order chi connectivity index (χ0) is 12.4. The van der Waals surface area contributed by atoms with Gasteiger partial charge in [-0.3, -0.25) is 0 Å². The Kier molecular flexibility index (Phi) is 2.82. The molecular weight excluding hydrogens is 222 g/mol. The number of nitrogens with zero attached hydrogens (tertiary/aromatic N) is 1. The molecule has 0 radical (unpaired) electrons. The van der Waals surface area contributed by atoms with E-state index < -0.39 is 11.9 Å². The monoisotopic (exact) mass is 232 g/mol. The van der Waals surface area contributed by atoms with Gasteiger partial charge >= 0.3 is 5.97 Å². The quantitative estimate of drug-likeness (QED) is 0.721. The van der Waals surface area contributed by atoms with Gasteiger partial charge in [0.2, 0.25) is 0 Å². The Balaban J connectivity index is 2.68. The first-order valence-corrected chi connectivity index (χ1v) is 5.13. The highest BCUT2D eigenvalue weighted by molar-refractivity contribution is 6.07. The molecule has 17 heavy (non-hydrogen) atoms. The van der Waals surface area contributed by atoms with E-state index in [1.54, 1.807) is 35.7 Å². The van der Waals surface area contributed by atoms with E-state index in [4.69, 9.17) is 4.74 Å². The third-order valence-electron chi connectivity index (χ3n) is 2.38. The van der Waals surface area contributed by atoms with Gasteiger partial charge in [0.25, 0.3) is 0 Å². The first-order chi connectivity index (χ1) is 8.15. The van der Waals surface area contributed by atoms with Crippen LogP contribution in [0.3, 0.4) is 0 Å². The molecule has 88 valence electrons. The fourth-order valence-corrected chi connectivity index (χ4v) is 1.69. The van der Waals surface area contributed by atoms with Gasteiger partial charge < -0.3 is 19.0 Å². The summed E-state index contributed by atoms with van der Waals surface area (Å²) in [5, 5.41) is 11.0. The Morgan fingerprint density at radius 1 is 1.41 bits per heavy atom. The molecule has 0 aliphatic heterocycles. The number of fused-ring (bicyclic) bond motifs is 1. The molecular formula is C12H10NO4-. The van der Waals surface area contributed by atoms with Gasteiger partial charge in [-0.25, -0.2) is 4.79 Å². The van der Waals surface area contributed by atoms with Crippen LogP contribution in [0.15, 0.2) is 30.6 Å². The molecule has 0 fully saturated rings. The Labute approximate surface area is 97.2 Å². The summed E-state index contributed by atoms with van der Waals surface area (Å²) in [5.41, 5.74) is 0.368. The summed E-state index contributed by atoms with van der Waals surface area (Å²) in [5.74, 6) is -2.04. The Bertz CT molecular complexity index is 585. The van der Waals surface area contributed by atoms with Crippen LogP contribution < -0.4 is 5.11 Å². The summed E-state index contributed by atoms with van der Waals surface area (Å²) in [6.07, 6.45) is 3.00. The maximum atomic E-state index is 11.7. The van der Waals surface area contributed by atoms with E-state index in [0.29, 0.717) is 5.52 Å². The SMILES string of the molecule is CCOC(=O)c1c(C(=O)[O-])cn2ccccc12. The molecule has 5 heteroatoms. The topological polar surface area (TPSA) is 70.8 Å². The third kappa shape index (κ3) is 1.87. The first-order valence-electron chi connectivity index (χ1n) is 5.13. The van der Waals surface area contributed by atoms with Crippen molar-refractivity contribution >= 4 is 17.5 Å². The van der Waals surface area contributed by atoms with Gasteiger partial charge in [0.05, 0.1) is 23.7 Å². The lowest BCUT2D eigenvalue weighted by Crippen LogP contribution is -2.24. The number of carbonyl (C=O) groups is 2. The van der Waals surface area contributed by atoms with Crippen LogP contribution in [0, 0.1) is 0 Å². The van der Waals surface area contributed by atoms with Crippen LogP contribution in [0.4, 0.5) is 0 Å². The van der Waals surface area contributed by atoms with Crippen LogP contribution >= 0.6 is 0 Å². The maximum Gasteiger partial charge on any atom is 0.341 e. The fraction of sp³-hybridized carbons (Fsp3) is 0.167. The number of pyridine rings is 1. The average molecular weight is 232 g/mol. The highest BCUT2D eigenvalue weighted by Gasteiger charge is 2.19. The molecule has 0 aromatic carbocycles. The smallest absolute Gasteiger partial charge is 0.341 e. The van der Waals surface area contributed by atoms with Crippen molar-refractivity contribution in [2.24, 2.45) is 0 Å². The Morgan fingerprint density at radius 3 is 2.82 bits per heavy atom. The molecule has 0 unspecified atom stereocenters. The molecule has 0 N–H and O–H groups in total. The van der Waals surface area contributed by atoms with Crippen molar-refractivity contribution in [1.29, 1.82) is 0 Å². The van der Waals surface area contributed by atoms with Crippen molar-refractivity contribution in [3.8, 4) is 0 Å². The van der Waals surface area contributed by atoms with Crippen molar-refractivity contribution in [2.75, 3.05) is 6.61 Å². The molecule has 0 aliphatic carbocycles. The standard InChI is InChI=1S/C12H11NO4/c1-2-17-12(16)10-8(11(14)15)7-13-6-4-3-5-9(10)13/h3-7H,2H2,1H3,(H,14,15)/p-1. The summed E-state index contributed by atoms with van der Waals surface area (Å²) >= 11 is 0. The number of esters is 1. The van der Waals surface area contributed by atoms with E-state index in [2.05, 4.69) is 0 Å². The van der Waals surface area contributed by atoms with Crippen LogP contribution in [-0.4, -0.2) is 22.9 Å². The predicted molar refractivity (Wildman–Crippen MR) is 57.7 cm³/mol. The molecule has 0 atom stereocenters. The summed E-state index contributed by atoms with van der Waals surface area (Å²) in [7, 11) is 0. The zero-order valence-corrected chi connectivity index (χ0v) is 9.17. The molecule has 2 aromatic heterocycles. The highest BCUT2D eigenvalue weighted by atomic mass is 16.5. The van der Waals surface area contributed by atoms with Gasteiger partial charge in [0.1, 0.15) is 0 Å². The van der Waals surface area contributed by atoms with E-state index in [-0.39, 0.29) is 17.7 Å². The number of carboxylic acid groups (broad SMARTS) is 1. The third-order valence-corrected chi connectivity index (χ3v) is 2.38. The van der Waals surface area contributed by atoms with Crippen molar-refractivity contribution in [2.45, 2.75) is 6.92 Å². The number of carboxylic acids is 1. The number of hydrogen-bond acceptors (Lipinski definition) is 4. The van der Waals surface area contributed by atoms with Crippen molar-refractivity contribution in [1.82, 2.24) is 4.40 Å². The van der Waals surface area contributed by atoms with Crippen LogP contribution in [0.5, 0.6) is 0 Å². The number of hydrogen-bond donors (Lipinski definition) is 0. The molecule has 2 heterocycles. The van der Waals surface area contributed by atoms with Crippen molar-refractivity contribution < 1.29 is 19.4 Å². The van der Waals surface area contributed by atoms with E-state index in [0.717, 1.165) is 0 Å². The van der Waals surface area contributed by atoms with Crippen LogP contribution in [-0.2, 0) is 4.74 Å². The van der Waals surface area contributed by atoms with Crippen LogP contribution in [0.1, 0.15) is 27.6 Å². The zero-order valence-electron chi connectivity index (χ0n) is 9.17. The second kappa shape index (κ2) is 4.29. The van der Waals surface area contributed by atoms with Crippen LogP contribution in [0.25, 0.3) is 5.52 Å². The van der Waals surface area contributed by atoms with Gasteiger partial charge in [-0.15, -0.1) is 0 Å². The van der Waals surface area contributed by atoms with Crippen molar-refractivity contribution in [3.63, 3.8) is 0 Å². The van der Waals surface area contributed by atoms with Gasteiger partial charge in [-0.05, 0) is 19.1 Å². The van der Waals surface area contributed by atoms with Gasteiger partial charge in [0, 0.05) is 18.0 Å². The molecule has 0 aliphatic rings. The van der Waals surface area contributed by atoms with Crippen molar-refractivity contribution in [3.05, 3.63) is 41.7 Å². The Morgan fingerprint density at radius 2 is 2.18 bits per heavy atom. The molecule has 2 rings (SSSR count). The maximum absolute atomic E-state index is 11.7. The summed E-state index contributed by atoms with van der Waals surface area (Å²) in [6.45, 7) is 1.85. The summed E-state index contributed by atoms with van der Waals surface area (Å²) < 4.78 is 6.39. The number of aromatic carboxylic acids is 1. The lowest BCUT2D eigenvalue weighted by molar-refractivity contribution is -0.255. The van der Waals surface area contributed by atoms with Crippen LogP contribution in [0.2, 0.25) is 0 Å². The molecule has 0 saturated heterocycles. The second-order valence-corrected chi connectivity index (χ2v) is 3.42. The largest absolute Gasteiger partial charge is 0.545 e. The highest BCUT2D eigenvalue weighted by Crippen LogP contribution is 2.19. The van der Waals surface area contributed by atoms with Gasteiger partial charge in [-0.2, -0.15) is 0 Å².